The van der Waals surface area contributed by atoms with Crippen molar-refractivity contribution >= 4 is 8.34 Å². The van der Waals surface area contributed by atoms with Crippen LogP contribution in [0.5, 0.6) is 0 Å². The Balaban J connectivity index is 3.13. The first kappa shape index (κ1) is 6.99. The summed E-state index contributed by atoms with van der Waals surface area (Å²) < 4.78 is 24.8. The van der Waals surface area contributed by atoms with Gasteiger partial charge in [0, 0.05) is 0 Å². The summed E-state index contributed by atoms with van der Waals surface area (Å²) in [5, 5.41) is 0. The molecule has 0 heterocycles. The van der Waals surface area contributed by atoms with Gasteiger partial charge < -0.3 is 0 Å². The molecule has 0 aliphatic heterocycles. The van der Waals surface area contributed by atoms with Gasteiger partial charge in [-0.05, 0) is 13.8 Å². The molecule has 2 nitrogen and oxygen atoms in total. The zero-order valence-electron chi connectivity index (χ0n) is 4.22. The predicted octanol–water partition coefficient (Wildman–Crippen LogP) is 2.04. The standard InChI is InChI=1S/C3H7FO2P/c1-3(2)6-7(4)5/h3H,1-2H3. The smallest absolute Gasteiger partial charge is 0.277 e. The second-order valence-electron chi connectivity index (χ2n) is 1.37. The van der Waals surface area contributed by atoms with E-state index in [4.69, 9.17) is 0 Å². The van der Waals surface area contributed by atoms with Crippen molar-refractivity contribution in [2.75, 3.05) is 0 Å². The Morgan fingerprint density at radius 3 is 2.14 bits per heavy atom. The van der Waals surface area contributed by atoms with Gasteiger partial charge in [-0.25, -0.2) is 4.57 Å². The highest BCUT2D eigenvalue weighted by Crippen LogP contribution is 2.24. The Bertz CT molecular complexity index is 73.3. The van der Waals surface area contributed by atoms with Crippen LogP contribution in [0, 0.1) is 0 Å². The van der Waals surface area contributed by atoms with Crippen molar-refractivity contribution in [1.29, 1.82) is 0 Å². The molecular weight excluding hydrogens is 118 g/mol. The molecule has 1 atom stereocenters. The molecule has 0 rings (SSSR count). The van der Waals surface area contributed by atoms with E-state index in [1.54, 1.807) is 13.8 Å². The average molecular weight is 125 g/mol. The minimum Gasteiger partial charge on any atom is -0.277 e. The van der Waals surface area contributed by atoms with Crippen LogP contribution >= 0.6 is 8.34 Å². The third kappa shape index (κ3) is 5.99. The van der Waals surface area contributed by atoms with E-state index in [0.717, 1.165) is 0 Å². The molecule has 0 spiro atoms. The molecule has 0 fully saturated rings. The second kappa shape index (κ2) is 3.05. The Morgan fingerprint density at radius 1 is 1.71 bits per heavy atom. The highest BCUT2D eigenvalue weighted by molar-refractivity contribution is 7.32. The zero-order chi connectivity index (χ0) is 5.86. The monoisotopic (exact) mass is 125 g/mol. The molecule has 0 bridgehead atoms. The predicted molar refractivity (Wildman–Crippen MR) is 24.9 cm³/mol. The van der Waals surface area contributed by atoms with Crippen LogP contribution in [-0.2, 0) is 9.09 Å². The molecule has 0 aromatic rings. The fourth-order valence-corrected chi connectivity index (χ4v) is 0.497. The summed E-state index contributed by atoms with van der Waals surface area (Å²) >= 11 is 0. The summed E-state index contributed by atoms with van der Waals surface area (Å²) in [4.78, 5) is 0. The topological polar surface area (TPSA) is 26.3 Å². The van der Waals surface area contributed by atoms with Gasteiger partial charge in [0.25, 0.3) is 0 Å². The first-order valence-corrected chi connectivity index (χ1v) is 2.99. The fraction of sp³-hybridized carbons (Fsp3) is 1.00. The zero-order valence-corrected chi connectivity index (χ0v) is 5.11. The maximum Gasteiger partial charge on any atom is 0.409 e. The third-order valence-corrected chi connectivity index (χ3v) is 0.881. The van der Waals surface area contributed by atoms with Crippen molar-refractivity contribution in [1.82, 2.24) is 0 Å². The number of halogens is 1. The van der Waals surface area contributed by atoms with E-state index in [-0.39, 0.29) is 6.10 Å². The van der Waals surface area contributed by atoms with Crippen LogP contribution in [0.1, 0.15) is 13.8 Å². The van der Waals surface area contributed by atoms with Gasteiger partial charge in [-0.1, -0.05) is 0 Å². The van der Waals surface area contributed by atoms with E-state index < -0.39 is 8.34 Å². The summed E-state index contributed by atoms with van der Waals surface area (Å²) in [7, 11) is -2.89. The molecule has 1 radical (unpaired) electrons. The van der Waals surface area contributed by atoms with E-state index in [2.05, 4.69) is 4.52 Å². The Labute approximate surface area is 42.7 Å². The molecule has 1 unspecified atom stereocenters. The van der Waals surface area contributed by atoms with Crippen molar-refractivity contribution in [2.24, 2.45) is 0 Å². The van der Waals surface area contributed by atoms with E-state index in [9.17, 15) is 8.76 Å². The lowest BCUT2D eigenvalue weighted by Gasteiger charge is -1.95. The molecule has 43 valence electrons. The number of hydrogen-bond donors (Lipinski definition) is 0. The highest BCUT2D eigenvalue weighted by atomic mass is 31.2. The molecule has 0 aliphatic rings. The minimum absolute atomic E-state index is 0.284. The second-order valence-corrected chi connectivity index (χ2v) is 2.00. The largest absolute Gasteiger partial charge is 0.409 e. The first-order chi connectivity index (χ1) is 3.13. The van der Waals surface area contributed by atoms with Gasteiger partial charge in [0.15, 0.2) is 0 Å². The van der Waals surface area contributed by atoms with E-state index in [1.165, 1.54) is 0 Å². The van der Waals surface area contributed by atoms with Gasteiger partial charge in [0.2, 0.25) is 0 Å². The van der Waals surface area contributed by atoms with Crippen molar-refractivity contribution in [3.05, 3.63) is 0 Å². The fourth-order valence-electron chi connectivity index (χ4n) is 0.166. The molecule has 0 amide bonds. The summed E-state index contributed by atoms with van der Waals surface area (Å²) in [5.41, 5.74) is 0. The van der Waals surface area contributed by atoms with Crippen LogP contribution in [0.2, 0.25) is 0 Å². The first-order valence-electron chi connectivity index (χ1n) is 1.92. The average Bonchev–Trinajstić information content (AvgIpc) is 1.27. The van der Waals surface area contributed by atoms with Crippen molar-refractivity contribution in [3.63, 3.8) is 0 Å². The molecule has 0 N–H and O–H groups in total. The van der Waals surface area contributed by atoms with Gasteiger partial charge in [-0.3, -0.25) is 4.52 Å². The van der Waals surface area contributed by atoms with Crippen molar-refractivity contribution < 1.29 is 13.3 Å². The molecule has 7 heavy (non-hydrogen) atoms. The lowest BCUT2D eigenvalue weighted by Crippen LogP contribution is -1.91. The quantitative estimate of drug-likeness (QED) is 0.528. The Hall–Kier alpha value is -0.0100. The summed E-state index contributed by atoms with van der Waals surface area (Å²) in [6, 6.07) is 0. The van der Waals surface area contributed by atoms with Gasteiger partial charge in [-0.2, -0.15) is 0 Å². The van der Waals surface area contributed by atoms with Crippen LogP contribution in [0.4, 0.5) is 4.20 Å². The molecule has 0 aromatic heterocycles. The number of hydrogen-bond acceptors (Lipinski definition) is 2. The maximum atomic E-state index is 11.2. The molecule has 0 aliphatic carbocycles. The summed E-state index contributed by atoms with van der Waals surface area (Å²) in [5.74, 6) is 0. The maximum absolute atomic E-state index is 11.2. The Kier molecular flexibility index (Phi) is 3.05. The van der Waals surface area contributed by atoms with E-state index in [0.29, 0.717) is 0 Å². The lowest BCUT2D eigenvalue weighted by atomic mass is 10.5. The van der Waals surface area contributed by atoms with Gasteiger partial charge in [0.05, 0.1) is 6.10 Å². The van der Waals surface area contributed by atoms with Crippen LogP contribution < -0.4 is 0 Å². The molecule has 0 saturated carbocycles. The van der Waals surface area contributed by atoms with Crippen LogP contribution in [0.3, 0.4) is 0 Å². The minimum atomic E-state index is -2.89. The van der Waals surface area contributed by atoms with Crippen LogP contribution in [-0.4, -0.2) is 6.10 Å². The van der Waals surface area contributed by atoms with Gasteiger partial charge >= 0.3 is 8.34 Å². The van der Waals surface area contributed by atoms with Gasteiger partial charge in [-0.15, -0.1) is 4.20 Å². The van der Waals surface area contributed by atoms with E-state index >= 15 is 0 Å². The van der Waals surface area contributed by atoms with Gasteiger partial charge in [0.1, 0.15) is 0 Å². The summed E-state index contributed by atoms with van der Waals surface area (Å²) in [6.45, 7) is 3.24. The van der Waals surface area contributed by atoms with Crippen molar-refractivity contribution in [3.8, 4) is 0 Å². The number of rotatable bonds is 2. The highest BCUT2D eigenvalue weighted by Gasteiger charge is 1.98. The van der Waals surface area contributed by atoms with E-state index in [1.807, 2.05) is 0 Å². The van der Waals surface area contributed by atoms with Crippen molar-refractivity contribution in [2.45, 2.75) is 20.0 Å². The molecule has 4 heteroatoms. The lowest BCUT2D eigenvalue weighted by molar-refractivity contribution is 0.239. The third-order valence-electron chi connectivity index (χ3n) is 0.294. The summed E-state index contributed by atoms with van der Waals surface area (Å²) in [6.07, 6.45) is -0.284. The molecule has 0 aromatic carbocycles. The van der Waals surface area contributed by atoms with Crippen LogP contribution in [0.15, 0.2) is 0 Å². The van der Waals surface area contributed by atoms with Crippen LogP contribution in [0.25, 0.3) is 0 Å². The molecular formula is C3H7FO2P. The molecule has 0 saturated heterocycles. The normalized spacial score (nSPS) is 12.3. The SMILES string of the molecule is CC(C)O[P](=O)F. The Morgan fingerprint density at radius 2 is 2.14 bits per heavy atom.